The van der Waals surface area contributed by atoms with E-state index in [0.29, 0.717) is 16.9 Å². The molecule has 0 aromatic heterocycles. The lowest BCUT2D eigenvalue weighted by Crippen LogP contribution is -2.17. The number of alkyl halides is 3. The van der Waals surface area contributed by atoms with Crippen molar-refractivity contribution in [2.75, 3.05) is 13.7 Å². The van der Waals surface area contributed by atoms with E-state index in [2.05, 4.69) is 15.3 Å². The van der Waals surface area contributed by atoms with Crippen molar-refractivity contribution in [2.24, 2.45) is 5.10 Å². The Morgan fingerprint density at radius 2 is 1.96 bits per heavy atom. The van der Waals surface area contributed by atoms with Gasteiger partial charge in [-0.25, -0.2) is 5.43 Å². The van der Waals surface area contributed by atoms with Crippen molar-refractivity contribution in [3.05, 3.63) is 53.1 Å². The highest BCUT2D eigenvalue weighted by molar-refractivity contribution is 5.97. The maximum Gasteiger partial charge on any atom is 0.411 e. The number of carbonyl (C=O) groups is 1. The van der Waals surface area contributed by atoms with Crippen molar-refractivity contribution >= 4 is 12.1 Å². The number of phenolic OH excluding ortho intramolecular Hbond substituents is 2. The first kappa shape index (κ1) is 21.0. The first-order valence-electron chi connectivity index (χ1n) is 7.86. The van der Waals surface area contributed by atoms with Crippen LogP contribution in [0.3, 0.4) is 0 Å². The van der Waals surface area contributed by atoms with Crippen LogP contribution in [-0.4, -0.2) is 42.2 Å². The number of rotatable bonds is 7. The Balaban J connectivity index is 2.04. The van der Waals surface area contributed by atoms with Crippen LogP contribution in [0.1, 0.15) is 21.5 Å². The summed E-state index contributed by atoms with van der Waals surface area (Å²) in [4.78, 5) is 12.0. The molecule has 2 aromatic rings. The number of hydrogen-bond acceptors (Lipinski definition) is 6. The lowest BCUT2D eigenvalue weighted by atomic mass is 10.1. The van der Waals surface area contributed by atoms with E-state index in [1.54, 1.807) is 6.07 Å². The van der Waals surface area contributed by atoms with Crippen molar-refractivity contribution in [3.8, 4) is 17.2 Å². The van der Waals surface area contributed by atoms with E-state index in [9.17, 15) is 28.2 Å². The fourth-order valence-corrected chi connectivity index (χ4v) is 2.21. The van der Waals surface area contributed by atoms with Gasteiger partial charge in [0.15, 0.2) is 0 Å². The third-order valence-corrected chi connectivity index (χ3v) is 3.43. The van der Waals surface area contributed by atoms with Gasteiger partial charge in [-0.05, 0) is 35.9 Å². The molecule has 150 valence electrons. The summed E-state index contributed by atoms with van der Waals surface area (Å²) in [6, 6.07) is 8.08. The smallest absolute Gasteiger partial charge is 0.411 e. The maximum absolute atomic E-state index is 12.2. The lowest BCUT2D eigenvalue weighted by molar-refractivity contribution is -0.176. The van der Waals surface area contributed by atoms with E-state index in [1.165, 1.54) is 37.6 Å². The molecule has 2 rings (SSSR count). The van der Waals surface area contributed by atoms with E-state index in [4.69, 9.17) is 4.74 Å². The molecule has 3 N–H and O–H groups in total. The molecule has 0 atom stereocenters. The minimum Gasteiger partial charge on any atom is -0.508 e. The molecule has 2 aromatic carbocycles. The number of hydrogen-bond donors (Lipinski definition) is 3. The van der Waals surface area contributed by atoms with Gasteiger partial charge in [0.05, 0.1) is 25.5 Å². The minimum atomic E-state index is -4.43. The van der Waals surface area contributed by atoms with E-state index in [0.717, 1.165) is 6.07 Å². The fourth-order valence-electron chi connectivity index (χ4n) is 2.21. The van der Waals surface area contributed by atoms with Crippen molar-refractivity contribution < 1.29 is 37.7 Å². The molecule has 1 amide bonds. The van der Waals surface area contributed by atoms with E-state index < -0.39 is 24.4 Å². The summed E-state index contributed by atoms with van der Waals surface area (Å²) in [5.74, 6) is -0.981. The quantitative estimate of drug-likeness (QED) is 0.492. The van der Waals surface area contributed by atoms with E-state index >= 15 is 0 Å². The predicted molar refractivity (Wildman–Crippen MR) is 93.5 cm³/mol. The number of nitrogens with one attached hydrogen (secondary N) is 1. The summed E-state index contributed by atoms with van der Waals surface area (Å²) < 4.78 is 46.3. The molecule has 0 heterocycles. The molecule has 0 aliphatic heterocycles. The van der Waals surface area contributed by atoms with Gasteiger partial charge in [-0.3, -0.25) is 4.79 Å². The monoisotopic (exact) mass is 398 g/mol. The molecule has 10 heteroatoms. The molecular formula is C18H17F3N2O5. The average molecular weight is 398 g/mol. The van der Waals surface area contributed by atoms with E-state index in [1.807, 2.05) is 0 Å². The molecule has 0 radical (unpaired) electrons. The summed E-state index contributed by atoms with van der Waals surface area (Å²) in [7, 11) is 1.38. The molecule has 0 bridgehead atoms. The second-order valence-electron chi connectivity index (χ2n) is 5.58. The summed E-state index contributed by atoms with van der Waals surface area (Å²) in [5.41, 5.74) is 2.95. The summed E-state index contributed by atoms with van der Waals surface area (Å²) >= 11 is 0. The molecule has 7 nitrogen and oxygen atoms in total. The Bertz CT molecular complexity index is 869. The van der Waals surface area contributed by atoms with Crippen LogP contribution in [0, 0.1) is 0 Å². The van der Waals surface area contributed by atoms with Gasteiger partial charge in [-0.15, -0.1) is 0 Å². The molecule has 0 saturated heterocycles. The summed E-state index contributed by atoms with van der Waals surface area (Å²) in [5, 5.41) is 22.6. The number of ether oxygens (including phenoxy) is 2. The second kappa shape index (κ2) is 9.09. The zero-order chi connectivity index (χ0) is 20.7. The van der Waals surface area contributed by atoms with Crippen molar-refractivity contribution in [2.45, 2.75) is 12.8 Å². The molecule has 0 aliphatic carbocycles. The van der Waals surface area contributed by atoms with Crippen LogP contribution in [0.4, 0.5) is 13.2 Å². The number of nitrogens with zero attached hydrogens (tertiary/aromatic N) is 1. The van der Waals surface area contributed by atoms with Crippen molar-refractivity contribution in [1.82, 2.24) is 5.43 Å². The zero-order valence-electron chi connectivity index (χ0n) is 14.7. The van der Waals surface area contributed by atoms with Gasteiger partial charge in [0.25, 0.3) is 5.91 Å². The number of aromatic hydroxyl groups is 2. The average Bonchev–Trinajstić information content (AvgIpc) is 2.60. The maximum atomic E-state index is 12.2. The van der Waals surface area contributed by atoms with Gasteiger partial charge in [0, 0.05) is 11.6 Å². The minimum absolute atomic E-state index is 0.0917. The topological polar surface area (TPSA) is 100 Å². The normalized spacial score (nSPS) is 11.6. The third-order valence-electron chi connectivity index (χ3n) is 3.43. The van der Waals surface area contributed by atoms with Crippen LogP contribution >= 0.6 is 0 Å². The van der Waals surface area contributed by atoms with Crippen LogP contribution in [-0.2, 0) is 11.3 Å². The number of amides is 1. The van der Waals surface area contributed by atoms with Crippen LogP contribution in [0.5, 0.6) is 17.2 Å². The number of halogens is 3. The van der Waals surface area contributed by atoms with Gasteiger partial charge in [0.1, 0.15) is 23.9 Å². The molecule has 28 heavy (non-hydrogen) atoms. The first-order valence-corrected chi connectivity index (χ1v) is 7.86. The highest BCUT2D eigenvalue weighted by Gasteiger charge is 2.27. The van der Waals surface area contributed by atoms with Crippen LogP contribution in [0.15, 0.2) is 41.5 Å². The predicted octanol–water partition coefficient (Wildman–Crippen LogP) is 2.95. The Morgan fingerprint density at radius 3 is 2.61 bits per heavy atom. The Kier molecular flexibility index (Phi) is 6.83. The molecule has 0 saturated carbocycles. The highest BCUT2D eigenvalue weighted by atomic mass is 19.4. The van der Waals surface area contributed by atoms with Gasteiger partial charge >= 0.3 is 6.18 Å². The largest absolute Gasteiger partial charge is 0.508 e. The number of benzene rings is 2. The van der Waals surface area contributed by atoms with Crippen LogP contribution in [0.2, 0.25) is 0 Å². The van der Waals surface area contributed by atoms with Crippen molar-refractivity contribution in [1.29, 1.82) is 0 Å². The lowest BCUT2D eigenvalue weighted by Gasteiger charge is -2.11. The molecule has 0 spiro atoms. The van der Waals surface area contributed by atoms with Crippen LogP contribution in [0.25, 0.3) is 0 Å². The van der Waals surface area contributed by atoms with Gasteiger partial charge < -0.3 is 19.7 Å². The highest BCUT2D eigenvalue weighted by Crippen LogP contribution is 2.23. The van der Waals surface area contributed by atoms with Gasteiger partial charge in [-0.2, -0.15) is 18.3 Å². The van der Waals surface area contributed by atoms with Crippen molar-refractivity contribution in [3.63, 3.8) is 0 Å². The molecule has 0 unspecified atom stereocenters. The Hall–Kier alpha value is -3.27. The number of hydrazone groups is 1. The zero-order valence-corrected chi connectivity index (χ0v) is 14.7. The number of phenols is 2. The third kappa shape index (κ3) is 6.16. The number of carbonyl (C=O) groups excluding carboxylic acids is 1. The first-order chi connectivity index (χ1) is 13.2. The summed E-state index contributed by atoms with van der Waals surface area (Å²) in [6.07, 6.45) is -3.17. The van der Waals surface area contributed by atoms with E-state index in [-0.39, 0.29) is 17.9 Å². The van der Waals surface area contributed by atoms with Gasteiger partial charge in [-0.1, -0.05) is 0 Å². The molecular weight excluding hydrogens is 381 g/mol. The standard InChI is InChI=1S/C18H17F3N2O5/c1-27-16-5-2-11(6-12(16)9-28-10-18(19,20)21)8-22-23-17(26)14-4-3-13(24)7-15(14)25/h2-8,24-25H,9-10H2,1H3,(H,23,26)/b22-8+. The fraction of sp³-hybridized carbons (Fsp3) is 0.222. The Labute approximate surface area is 158 Å². The molecule has 0 aliphatic rings. The van der Waals surface area contributed by atoms with Crippen LogP contribution < -0.4 is 10.2 Å². The van der Waals surface area contributed by atoms with Gasteiger partial charge in [0.2, 0.25) is 0 Å². The second-order valence-corrected chi connectivity index (χ2v) is 5.58. The Morgan fingerprint density at radius 1 is 1.21 bits per heavy atom. The number of methoxy groups -OCH3 is 1. The molecule has 0 fully saturated rings. The SMILES string of the molecule is COc1ccc(/C=N/NC(=O)c2ccc(O)cc2O)cc1COCC(F)(F)F. The summed E-state index contributed by atoms with van der Waals surface area (Å²) in [6.45, 7) is -1.71.